The van der Waals surface area contributed by atoms with E-state index in [2.05, 4.69) is 61.0 Å². The van der Waals surface area contributed by atoms with Gasteiger partial charge in [-0.3, -0.25) is 29.0 Å². The molecule has 16 heteroatoms. The van der Waals surface area contributed by atoms with Crippen molar-refractivity contribution in [1.82, 2.24) is 24.9 Å². The zero-order valence-corrected chi connectivity index (χ0v) is 51.4. The first-order valence-electron chi connectivity index (χ1n) is 30.5. The van der Waals surface area contributed by atoms with Gasteiger partial charge in [0.1, 0.15) is 17.1 Å². The van der Waals surface area contributed by atoms with E-state index in [0.29, 0.717) is 87.0 Å². The molecule has 16 nitrogen and oxygen atoms in total. The number of aryl methyl sites for hydroxylation is 2. The Bertz CT molecular complexity index is 2900. The maximum absolute atomic E-state index is 15.5. The molecule has 8 rings (SSSR count). The molecule has 1 unspecified atom stereocenters. The van der Waals surface area contributed by atoms with E-state index in [1.165, 1.54) is 11.1 Å². The molecule has 2 heterocycles. The van der Waals surface area contributed by atoms with E-state index in [4.69, 9.17) is 14.2 Å². The van der Waals surface area contributed by atoms with Crippen LogP contribution in [0.3, 0.4) is 0 Å². The third kappa shape index (κ3) is 15.6. The number of hydrogen-bond donors (Lipinski definition) is 2. The first-order valence-corrected chi connectivity index (χ1v) is 30.5. The summed E-state index contributed by atoms with van der Waals surface area (Å²) < 4.78 is 18.9. The Morgan fingerprint density at radius 2 is 1.29 bits per heavy atom. The number of carbonyl (C=O) groups excluding carboxylic acids is 4. The van der Waals surface area contributed by atoms with Crippen molar-refractivity contribution >= 4 is 41.2 Å². The van der Waals surface area contributed by atoms with Crippen LogP contribution in [0.4, 0.5) is 16.2 Å². The summed E-state index contributed by atoms with van der Waals surface area (Å²) in [6.07, 6.45) is 3.59. The van der Waals surface area contributed by atoms with Crippen LogP contribution in [-0.2, 0) is 43.4 Å². The number of piperazine rings is 2. The fraction of sp³-hybridized carbons (Fsp3) is 0.567. The van der Waals surface area contributed by atoms with E-state index in [9.17, 15) is 24.3 Å². The van der Waals surface area contributed by atoms with Crippen molar-refractivity contribution in [2.24, 2.45) is 11.3 Å². The maximum Gasteiger partial charge on any atom is 0.410 e. The molecule has 2 aliphatic carbocycles. The Balaban J connectivity index is 0.932. The fourth-order valence-electron chi connectivity index (χ4n) is 13.1. The van der Waals surface area contributed by atoms with Crippen LogP contribution in [0.2, 0.25) is 0 Å². The van der Waals surface area contributed by atoms with Crippen molar-refractivity contribution in [2.75, 3.05) is 76.3 Å². The van der Waals surface area contributed by atoms with Crippen LogP contribution < -0.4 is 24.6 Å². The van der Waals surface area contributed by atoms with Crippen LogP contribution in [0.5, 0.6) is 11.5 Å². The van der Waals surface area contributed by atoms with Crippen LogP contribution in [0.1, 0.15) is 139 Å². The molecule has 2 saturated heterocycles. The van der Waals surface area contributed by atoms with E-state index >= 15 is 4.79 Å². The Kier molecular flexibility index (Phi) is 20.7. The molecule has 4 aromatic carbocycles. The van der Waals surface area contributed by atoms with Crippen LogP contribution >= 0.6 is 0 Å². The van der Waals surface area contributed by atoms with Crippen molar-refractivity contribution in [2.45, 2.75) is 169 Å². The molecule has 0 spiro atoms. The highest BCUT2D eigenvalue weighted by Gasteiger charge is 2.53. The second-order valence-corrected chi connectivity index (χ2v) is 25.1. The topological polar surface area (TPSA) is 165 Å². The summed E-state index contributed by atoms with van der Waals surface area (Å²) in [6.45, 7) is 25.8. The van der Waals surface area contributed by atoms with Gasteiger partial charge in [-0.1, -0.05) is 36.4 Å². The Morgan fingerprint density at radius 3 is 1.86 bits per heavy atom. The number of ether oxygens (including phenoxy) is 3. The normalized spacial score (nSPS) is 22.9. The third-order valence-electron chi connectivity index (χ3n) is 17.9. The average Bonchev–Trinajstić information content (AvgIpc) is 3.46. The van der Waals surface area contributed by atoms with E-state index in [-0.39, 0.29) is 67.2 Å². The monoisotopic (exact) mass is 1140 g/mol. The van der Waals surface area contributed by atoms with Gasteiger partial charge in [-0.05, 0) is 196 Å². The molecule has 2 saturated carbocycles. The Labute approximate surface area is 493 Å². The van der Waals surface area contributed by atoms with Crippen LogP contribution in [0.15, 0.2) is 84.9 Å². The average molecular weight is 1140 g/mol. The van der Waals surface area contributed by atoms with E-state index in [1.807, 2.05) is 106 Å². The summed E-state index contributed by atoms with van der Waals surface area (Å²) in [5.41, 5.74) is 5.60. The molecule has 3 atom stereocenters. The molecule has 4 aliphatic rings. The highest BCUT2D eigenvalue weighted by Crippen LogP contribution is 2.51. The van der Waals surface area contributed by atoms with Crippen LogP contribution in [0, 0.1) is 25.2 Å². The standard InChI is InChI=1S/C67H93N7O9/c1-12-73(13-2)60(75)39-49-16-14-18-58(38-49)82-57-28-30-67(31-29-57,64(79)70(11)55-25-21-52(46(4)37-55)43-71-33-32-68-47(5)41-71)61(63(77)78)51-17-15-19-59(40-51)81-56-26-22-50(23-27-56)62(76)69(10)54-24-20-53(45(3)36-54)44-72-34-35-74(48(6)42-72)65(80)83-66(7,8)9/h14-21,24-25,36-38,40,47-48,50,56-57,61,68H,12-13,22-23,26-35,39,41-44H2,1-11H3,(H,77,78)/t47-,48-,50?,56?,57?,61?,67?/m0/s1. The molecule has 0 radical (unpaired) electrons. The predicted molar refractivity (Wildman–Crippen MR) is 326 cm³/mol. The molecule has 4 aromatic rings. The lowest BCUT2D eigenvalue weighted by Gasteiger charge is -2.44. The molecule has 4 fully saturated rings. The van der Waals surface area contributed by atoms with Crippen molar-refractivity contribution in [3.05, 3.63) is 118 Å². The summed E-state index contributed by atoms with van der Waals surface area (Å²) in [5, 5.41) is 14.9. The number of carboxylic acid groups (broad SMARTS) is 1. The first kappa shape index (κ1) is 62.6. The lowest BCUT2D eigenvalue weighted by molar-refractivity contribution is -0.150. The van der Waals surface area contributed by atoms with Gasteiger partial charge >= 0.3 is 12.1 Å². The molecule has 2 N–H and O–H groups in total. The Hall–Kier alpha value is -6.49. The molecule has 83 heavy (non-hydrogen) atoms. The number of amides is 4. The van der Waals surface area contributed by atoms with Gasteiger partial charge in [-0.25, -0.2) is 4.79 Å². The molecule has 0 aromatic heterocycles. The predicted octanol–water partition coefficient (Wildman–Crippen LogP) is 10.4. The fourth-order valence-corrected chi connectivity index (χ4v) is 13.1. The SMILES string of the molecule is CCN(CC)C(=O)Cc1cccc(OC2CCC(C(=O)N(C)c3ccc(CN4CCN[C@@H](C)C4)c(C)c3)(C(C(=O)O)c3cccc(OC4CCC(C(=O)N(C)c5ccc(CN6CCN(C(=O)OC(C)(C)C)[C@@H](C)C6)c(C)c5)CC4)c3)CC2)c1. The van der Waals surface area contributed by atoms with Crippen molar-refractivity contribution in [1.29, 1.82) is 0 Å². The number of nitrogens with one attached hydrogen (secondary N) is 1. The lowest BCUT2D eigenvalue weighted by atomic mass is 9.62. The van der Waals surface area contributed by atoms with Gasteiger partial charge in [0, 0.05) is 109 Å². The number of carbonyl (C=O) groups is 5. The molecular formula is C67H93N7O9. The molecule has 2 aliphatic heterocycles. The Morgan fingerprint density at radius 1 is 0.711 bits per heavy atom. The van der Waals surface area contributed by atoms with E-state index in [0.717, 1.165) is 68.2 Å². The van der Waals surface area contributed by atoms with Gasteiger partial charge in [0.05, 0.1) is 30.0 Å². The first-order chi connectivity index (χ1) is 39.5. The van der Waals surface area contributed by atoms with Gasteiger partial charge in [0.15, 0.2) is 0 Å². The number of anilines is 2. The summed E-state index contributed by atoms with van der Waals surface area (Å²) in [5.74, 6) is -1.40. The van der Waals surface area contributed by atoms with Crippen molar-refractivity contribution in [3.63, 3.8) is 0 Å². The summed E-state index contributed by atoms with van der Waals surface area (Å²) in [4.78, 5) is 81.3. The smallest absolute Gasteiger partial charge is 0.410 e. The van der Waals surface area contributed by atoms with E-state index in [1.54, 1.807) is 29.0 Å². The maximum atomic E-state index is 15.5. The number of rotatable bonds is 19. The minimum atomic E-state index is -1.33. The van der Waals surface area contributed by atoms with Crippen molar-refractivity contribution in [3.8, 4) is 11.5 Å². The summed E-state index contributed by atoms with van der Waals surface area (Å²) in [7, 11) is 3.61. The summed E-state index contributed by atoms with van der Waals surface area (Å²) in [6, 6.07) is 27.7. The zero-order valence-electron chi connectivity index (χ0n) is 51.4. The van der Waals surface area contributed by atoms with Crippen molar-refractivity contribution < 1.29 is 43.3 Å². The minimum Gasteiger partial charge on any atom is -0.490 e. The number of aliphatic carboxylic acids is 1. The molecule has 0 bridgehead atoms. The minimum absolute atomic E-state index is 0.0211. The number of carboxylic acids is 1. The number of benzene rings is 4. The highest BCUT2D eigenvalue weighted by atomic mass is 16.6. The largest absolute Gasteiger partial charge is 0.490 e. The van der Waals surface area contributed by atoms with Gasteiger partial charge in [-0.2, -0.15) is 0 Å². The van der Waals surface area contributed by atoms with Gasteiger partial charge in [0.2, 0.25) is 17.7 Å². The number of hydrogen-bond acceptors (Lipinski definition) is 11. The second kappa shape index (κ2) is 27.5. The third-order valence-corrected chi connectivity index (χ3v) is 17.9. The number of likely N-dealkylation sites (N-methyl/N-ethyl adjacent to an activating group) is 1. The lowest BCUT2D eigenvalue weighted by Crippen LogP contribution is -2.54. The highest BCUT2D eigenvalue weighted by molar-refractivity contribution is 6.01. The number of nitrogens with zero attached hydrogens (tertiary/aromatic N) is 6. The zero-order chi connectivity index (χ0) is 59.8. The quantitative estimate of drug-likeness (QED) is 0.0915. The second-order valence-electron chi connectivity index (χ2n) is 25.1. The van der Waals surface area contributed by atoms with Crippen LogP contribution in [-0.4, -0.2) is 151 Å². The molecule has 4 amide bonds. The van der Waals surface area contributed by atoms with Gasteiger partial charge in [-0.15, -0.1) is 0 Å². The summed E-state index contributed by atoms with van der Waals surface area (Å²) >= 11 is 0. The van der Waals surface area contributed by atoms with Gasteiger partial charge < -0.3 is 44.2 Å². The van der Waals surface area contributed by atoms with Crippen LogP contribution in [0.25, 0.3) is 0 Å². The molecular weight excluding hydrogens is 1050 g/mol. The molecule has 450 valence electrons. The van der Waals surface area contributed by atoms with Gasteiger partial charge in [0.25, 0.3) is 0 Å². The van der Waals surface area contributed by atoms with E-state index < -0.39 is 22.9 Å².